The summed E-state index contributed by atoms with van der Waals surface area (Å²) in [6.07, 6.45) is 15.1. The predicted molar refractivity (Wildman–Crippen MR) is 122 cm³/mol. The van der Waals surface area contributed by atoms with E-state index in [4.69, 9.17) is 4.74 Å². The molecule has 5 aliphatic rings. The van der Waals surface area contributed by atoms with Crippen LogP contribution in [0.2, 0.25) is 0 Å². The maximum absolute atomic E-state index is 12.1. The molecule has 3 fully saturated rings. The number of hydrogen-bond acceptors (Lipinski definition) is 2. The molecule has 0 N–H and O–H groups in total. The largest absolute Gasteiger partial charge is 0.469 e. The standard InChI is InChI=1S/C28H42O2/c1-18-10-13-28-17-27(28)15-14-26(6)20(21(27)8-9-22(28)24(18,3)4)11-12-25(26,5)19(2)16-23(29)30-7/h8,11,18-19,22H,9-10,12-17H2,1-7H3/t18-,19-,22+,25+,26+,27+,28-/m1/s1. The van der Waals surface area contributed by atoms with Gasteiger partial charge in [0.25, 0.3) is 0 Å². The van der Waals surface area contributed by atoms with Crippen LogP contribution in [0.1, 0.15) is 92.9 Å². The Morgan fingerprint density at radius 3 is 2.57 bits per heavy atom. The number of allylic oxidation sites excluding steroid dienone is 4. The third-order valence-corrected chi connectivity index (χ3v) is 12.1. The lowest BCUT2D eigenvalue weighted by Gasteiger charge is -2.57. The van der Waals surface area contributed by atoms with Crippen LogP contribution in [0.15, 0.2) is 23.3 Å². The molecular weight excluding hydrogens is 368 g/mol. The molecule has 30 heavy (non-hydrogen) atoms. The molecule has 0 heterocycles. The molecular formula is C28H42O2. The van der Waals surface area contributed by atoms with Crippen molar-refractivity contribution in [1.82, 2.24) is 0 Å². The fourth-order valence-corrected chi connectivity index (χ4v) is 9.18. The van der Waals surface area contributed by atoms with Crippen LogP contribution in [0, 0.1) is 44.8 Å². The number of hydrogen-bond donors (Lipinski definition) is 0. The van der Waals surface area contributed by atoms with Crippen LogP contribution in [0.3, 0.4) is 0 Å². The molecule has 5 aliphatic carbocycles. The number of esters is 1. The maximum atomic E-state index is 12.1. The fourth-order valence-electron chi connectivity index (χ4n) is 9.18. The first-order valence-corrected chi connectivity index (χ1v) is 12.5. The Balaban J connectivity index is 1.50. The van der Waals surface area contributed by atoms with Crippen LogP contribution >= 0.6 is 0 Å². The summed E-state index contributed by atoms with van der Waals surface area (Å²) in [5.74, 6) is 1.96. The van der Waals surface area contributed by atoms with Crippen molar-refractivity contribution in [3.05, 3.63) is 23.3 Å². The normalized spacial score (nSPS) is 48.9. The highest BCUT2D eigenvalue weighted by Crippen LogP contribution is 2.86. The first-order chi connectivity index (χ1) is 14.0. The van der Waals surface area contributed by atoms with Crippen molar-refractivity contribution >= 4 is 5.97 Å². The van der Waals surface area contributed by atoms with E-state index in [1.165, 1.54) is 45.6 Å². The van der Waals surface area contributed by atoms with E-state index < -0.39 is 0 Å². The van der Waals surface area contributed by atoms with Gasteiger partial charge in [0.1, 0.15) is 0 Å². The molecule has 2 nitrogen and oxygen atoms in total. The highest BCUT2D eigenvalue weighted by molar-refractivity contribution is 5.69. The van der Waals surface area contributed by atoms with Crippen LogP contribution in [0.5, 0.6) is 0 Å². The summed E-state index contributed by atoms with van der Waals surface area (Å²) in [6.45, 7) is 14.8. The molecule has 0 bridgehead atoms. The van der Waals surface area contributed by atoms with Gasteiger partial charge in [-0.1, -0.05) is 53.7 Å². The second kappa shape index (κ2) is 6.04. The molecule has 0 aromatic rings. The van der Waals surface area contributed by atoms with Gasteiger partial charge >= 0.3 is 5.97 Å². The lowest BCUT2D eigenvalue weighted by atomic mass is 9.47. The van der Waals surface area contributed by atoms with Gasteiger partial charge in [-0.2, -0.15) is 0 Å². The van der Waals surface area contributed by atoms with Gasteiger partial charge < -0.3 is 4.74 Å². The zero-order valence-electron chi connectivity index (χ0n) is 20.4. The minimum Gasteiger partial charge on any atom is -0.469 e. The predicted octanol–water partition coefficient (Wildman–Crippen LogP) is 7.10. The minimum atomic E-state index is -0.0625. The van der Waals surface area contributed by atoms with Crippen molar-refractivity contribution in [2.45, 2.75) is 92.9 Å². The summed E-state index contributed by atoms with van der Waals surface area (Å²) in [4.78, 5) is 12.1. The van der Waals surface area contributed by atoms with Gasteiger partial charge in [-0.3, -0.25) is 4.79 Å². The third-order valence-electron chi connectivity index (χ3n) is 12.1. The van der Waals surface area contributed by atoms with E-state index in [-0.39, 0.29) is 16.8 Å². The Morgan fingerprint density at radius 2 is 1.87 bits per heavy atom. The van der Waals surface area contributed by atoms with Gasteiger partial charge in [0.15, 0.2) is 0 Å². The Bertz CT molecular complexity index is 849. The summed E-state index contributed by atoms with van der Waals surface area (Å²) >= 11 is 0. The Hall–Kier alpha value is -1.05. The highest BCUT2D eigenvalue weighted by atomic mass is 16.5. The zero-order chi connectivity index (χ0) is 21.7. The number of ether oxygens (including phenoxy) is 1. The summed E-state index contributed by atoms with van der Waals surface area (Å²) in [7, 11) is 1.52. The van der Waals surface area contributed by atoms with Crippen LogP contribution in [0.4, 0.5) is 0 Å². The second-order valence-electron chi connectivity index (χ2n) is 12.8. The van der Waals surface area contributed by atoms with Crippen LogP contribution in [0.25, 0.3) is 0 Å². The van der Waals surface area contributed by atoms with E-state index in [9.17, 15) is 4.79 Å². The van der Waals surface area contributed by atoms with Gasteiger partial charge in [0, 0.05) is 11.8 Å². The number of fused-ring (bicyclic) bond motifs is 2. The monoisotopic (exact) mass is 410 g/mol. The smallest absolute Gasteiger partial charge is 0.305 e. The fraction of sp³-hybridized carbons (Fsp3) is 0.821. The van der Waals surface area contributed by atoms with E-state index >= 15 is 0 Å². The van der Waals surface area contributed by atoms with Crippen molar-refractivity contribution in [2.75, 3.05) is 7.11 Å². The van der Waals surface area contributed by atoms with Gasteiger partial charge in [-0.15, -0.1) is 0 Å². The molecule has 7 atom stereocenters. The molecule has 0 unspecified atom stereocenters. The number of carbonyl (C=O) groups is 1. The molecule has 0 aliphatic heterocycles. The molecule has 0 aromatic heterocycles. The third kappa shape index (κ3) is 2.19. The summed E-state index contributed by atoms with van der Waals surface area (Å²) in [6, 6.07) is 0. The Labute approximate surface area is 183 Å². The maximum Gasteiger partial charge on any atom is 0.305 e. The van der Waals surface area contributed by atoms with Crippen molar-refractivity contribution in [3.8, 4) is 0 Å². The average molecular weight is 411 g/mol. The van der Waals surface area contributed by atoms with Gasteiger partial charge in [0.05, 0.1) is 7.11 Å². The summed E-state index contributed by atoms with van der Waals surface area (Å²) < 4.78 is 5.02. The Morgan fingerprint density at radius 1 is 1.13 bits per heavy atom. The van der Waals surface area contributed by atoms with E-state index in [1.807, 2.05) is 0 Å². The highest BCUT2D eigenvalue weighted by Gasteiger charge is 2.78. The van der Waals surface area contributed by atoms with E-state index in [1.54, 1.807) is 11.1 Å². The summed E-state index contributed by atoms with van der Waals surface area (Å²) in [5, 5.41) is 0. The first kappa shape index (κ1) is 20.8. The quantitative estimate of drug-likeness (QED) is 0.464. The molecule has 2 spiro atoms. The molecule has 166 valence electrons. The number of rotatable bonds is 3. The summed E-state index contributed by atoms with van der Waals surface area (Å²) in [5.41, 5.74) is 5.23. The topological polar surface area (TPSA) is 26.3 Å². The lowest BCUT2D eigenvalue weighted by Crippen LogP contribution is -2.49. The average Bonchev–Trinajstić information content (AvgIpc) is 3.29. The van der Waals surface area contributed by atoms with E-state index in [0.29, 0.717) is 28.6 Å². The number of carbonyl (C=O) groups excluding carboxylic acids is 1. The molecule has 0 amide bonds. The van der Waals surface area contributed by atoms with E-state index in [0.717, 1.165) is 18.3 Å². The molecule has 5 rings (SSSR count). The molecule has 0 saturated heterocycles. The van der Waals surface area contributed by atoms with Crippen molar-refractivity contribution in [3.63, 3.8) is 0 Å². The number of methoxy groups -OCH3 is 1. The van der Waals surface area contributed by atoms with Gasteiger partial charge in [-0.25, -0.2) is 0 Å². The minimum absolute atomic E-state index is 0.0625. The van der Waals surface area contributed by atoms with Crippen LogP contribution in [-0.4, -0.2) is 13.1 Å². The molecule has 2 heteroatoms. The van der Waals surface area contributed by atoms with Crippen LogP contribution in [-0.2, 0) is 9.53 Å². The van der Waals surface area contributed by atoms with E-state index in [2.05, 4.69) is 53.7 Å². The van der Waals surface area contributed by atoms with Gasteiger partial charge in [-0.05, 0) is 95.5 Å². The van der Waals surface area contributed by atoms with Gasteiger partial charge in [0.2, 0.25) is 0 Å². The van der Waals surface area contributed by atoms with Crippen molar-refractivity contribution < 1.29 is 9.53 Å². The first-order valence-electron chi connectivity index (χ1n) is 12.5. The SMILES string of the molecule is COC(=O)C[C@@H](C)[C@]1(C)CC=C2C3=CC[C@H]4C(C)(C)[C@H](C)CC[C@@]45C[C@@]35CC[C@@]21C. The van der Waals surface area contributed by atoms with Crippen molar-refractivity contribution in [1.29, 1.82) is 0 Å². The zero-order valence-corrected chi connectivity index (χ0v) is 20.4. The molecule has 0 radical (unpaired) electrons. The van der Waals surface area contributed by atoms with Crippen LogP contribution < -0.4 is 0 Å². The Kier molecular flexibility index (Phi) is 4.20. The molecule has 0 aromatic carbocycles. The lowest BCUT2D eigenvalue weighted by molar-refractivity contribution is -0.143. The second-order valence-corrected chi connectivity index (χ2v) is 12.8. The van der Waals surface area contributed by atoms with Crippen molar-refractivity contribution in [2.24, 2.45) is 44.8 Å². The molecule has 3 saturated carbocycles.